The normalized spacial score (nSPS) is 11.2. The van der Waals surface area contributed by atoms with E-state index in [4.69, 9.17) is 5.26 Å². The van der Waals surface area contributed by atoms with E-state index in [1.165, 1.54) is 6.07 Å². The van der Waals surface area contributed by atoms with Gasteiger partial charge in [-0.3, -0.25) is 0 Å². The van der Waals surface area contributed by atoms with Crippen molar-refractivity contribution in [2.24, 2.45) is 0 Å². The van der Waals surface area contributed by atoms with Gasteiger partial charge >= 0.3 is 6.18 Å². The molecule has 0 unspecified atom stereocenters. The predicted octanol–water partition coefficient (Wildman–Crippen LogP) is 3.57. The first kappa shape index (κ1) is 11.3. The lowest BCUT2D eigenvalue weighted by atomic mass is 10.1. The van der Waals surface area contributed by atoms with Crippen LogP contribution in [0.5, 0.6) is 0 Å². The van der Waals surface area contributed by atoms with Gasteiger partial charge in [-0.1, -0.05) is 30.3 Å². The van der Waals surface area contributed by atoms with Gasteiger partial charge in [0.25, 0.3) is 0 Å². The molecule has 0 atom stereocenters. The zero-order valence-corrected chi connectivity index (χ0v) is 8.55. The first-order valence-electron chi connectivity index (χ1n) is 4.78. The van der Waals surface area contributed by atoms with Crippen molar-refractivity contribution in [2.45, 2.75) is 6.18 Å². The van der Waals surface area contributed by atoms with E-state index in [9.17, 15) is 13.2 Å². The quantitative estimate of drug-likeness (QED) is 0.807. The number of benzene rings is 1. The number of nitriles is 1. The van der Waals surface area contributed by atoms with Crippen molar-refractivity contribution in [3.05, 3.63) is 47.7 Å². The molecule has 86 valence electrons. The minimum absolute atomic E-state index is 0.287. The Morgan fingerprint density at radius 1 is 1.12 bits per heavy atom. The lowest BCUT2D eigenvalue weighted by Crippen LogP contribution is -2.07. The third kappa shape index (κ3) is 2.16. The molecular weight excluding hydrogens is 229 g/mol. The third-order valence-corrected chi connectivity index (χ3v) is 2.31. The Kier molecular flexibility index (Phi) is 2.64. The molecule has 2 nitrogen and oxygen atoms in total. The zero-order chi connectivity index (χ0) is 12.5. The van der Waals surface area contributed by atoms with Crippen LogP contribution in [0.15, 0.2) is 36.4 Å². The van der Waals surface area contributed by atoms with Gasteiger partial charge in [0, 0.05) is 5.69 Å². The molecule has 0 bridgehead atoms. The molecule has 0 aliphatic carbocycles. The highest BCUT2D eigenvalue weighted by Gasteiger charge is 2.35. The van der Waals surface area contributed by atoms with Crippen LogP contribution in [0.1, 0.15) is 11.3 Å². The number of nitrogens with one attached hydrogen (secondary N) is 1. The monoisotopic (exact) mass is 236 g/mol. The van der Waals surface area contributed by atoms with Crippen LogP contribution < -0.4 is 0 Å². The molecule has 1 N–H and O–H groups in total. The fourth-order valence-corrected chi connectivity index (χ4v) is 1.54. The Labute approximate surface area is 95.3 Å². The second-order valence-electron chi connectivity index (χ2n) is 3.45. The van der Waals surface area contributed by atoms with Crippen molar-refractivity contribution in [1.29, 1.82) is 5.26 Å². The van der Waals surface area contributed by atoms with Crippen LogP contribution in [-0.2, 0) is 6.18 Å². The van der Waals surface area contributed by atoms with Crippen molar-refractivity contribution < 1.29 is 13.2 Å². The van der Waals surface area contributed by atoms with E-state index < -0.39 is 17.4 Å². The summed E-state index contributed by atoms with van der Waals surface area (Å²) in [6, 6.07) is 11.3. The van der Waals surface area contributed by atoms with Gasteiger partial charge in [0.15, 0.2) is 0 Å². The Bertz CT molecular complexity index is 562. The van der Waals surface area contributed by atoms with Crippen LogP contribution in [0.2, 0.25) is 0 Å². The standard InChI is InChI=1S/C12H7F3N2/c13-12(14,15)11-9(7-16)6-10(17-11)8-4-2-1-3-5-8/h1-6,17H. The molecule has 5 heteroatoms. The SMILES string of the molecule is N#Cc1cc(-c2ccccc2)[nH]c1C(F)(F)F. The molecule has 0 saturated heterocycles. The second-order valence-corrected chi connectivity index (χ2v) is 3.45. The topological polar surface area (TPSA) is 39.6 Å². The molecule has 0 aliphatic heterocycles. The number of halogens is 3. The maximum atomic E-state index is 12.6. The van der Waals surface area contributed by atoms with Crippen LogP contribution in [-0.4, -0.2) is 4.98 Å². The molecule has 0 saturated carbocycles. The van der Waals surface area contributed by atoms with Gasteiger partial charge in [-0.05, 0) is 11.6 Å². The smallest absolute Gasteiger partial charge is 0.350 e. The highest BCUT2D eigenvalue weighted by molar-refractivity contribution is 5.63. The van der Waals surface area contributed by atoms with E-state index in [0.29, 0.717) is 5.56 Å². The summed E-state index contributed by atoms with van der Waals surface area (Å²) in [7, 11) is 0. The largest absolute Gasteiger partial charge is 0.432 e. The molecule has 2 aromatic rings. The number of alkyl halides is 3. The van der Waals surface area contributed by atoms with Crippen molar-refractivity contribution in [2.75, 3.05) is 0 Å². The summed E-state index contributed by atoms with van der Waals surface area (Å²) in [5, 5.41) is 8.67. The summed E-state index contributed by atoms with van der Waals surface area (Å²) in [6.07, 6.45) is -4.54. The number of aromatic nitrogens is 1. The number of rotatable bonds is 1. The molecule has 2 rings (SSSR count). The highest BCUT2D eigenvalue weighted by atomic mass is 19.4. The fourth-order valence-electron chi connectivity index (χ4n) is 1.54. The number of H-pyrrole nitrogens is 1. The number of nitrogens with zero attached hydrogens (tertiary/aromatic N) is 1. The lowest BCUT2D eigenvalue weighted by Gasteiger charge is -2.03. The summed E-state index contributed by atoms with van der Waals surface area (Å²) >= 11 is 0. The number of aromatic amines is 1. The van der Waals surface area contributed by atoms with E-state index in [2.05, 4.69) is 4.98 Å². The Hall–Kier alpha value is -2.22. The summed E-state index contributed by atoms with van der Waals surface area (Å²) < 4.78 is 37.7. The molecule has 1 aromatic carbocycles. The molecule has 0 aliphatic rings. The Morgan fingerprint density at radius 3 is 2.24 bits per heavy atom. The average Bonchev–Trinajstić information content (AvgIpc) is 2.74. The van der Waals surface area contributed by atoms with Gasteiger partial charge in [-0.15, -0.1) is 0 Å². The fraction of sp³-hybridized carbons (Fsp3) is 0.0833. The van der Waals surface area contributed by atoms with E-state index in [0.717, 1.165) is 0 Å². The lowest BCUT2D eigenvalue weighted by molar-refractivity contribution is -0.140. The Balaban J connectivity index is 2.54. The molecule has 1 aromatic heterocycles. The van der Waals surface area contributed by atoms with E-state index in [1.807, 2.05) is 0 Å². The predicted molar refractivity (Wildman–Crippen MR) is 55.9 cm³/mol. The zero-order valence-electron chi connectivity index (χ0n) is 8.55. The maximum Gasteiger partial charge on any atom is 0.432 e. The first-order valence-corrected chi connectivity index (χ1v) is 4.78. The van der Waals surface area contributed by atoms with Crippen molar-refractivity contribution in [3.8, 4) is 17.3 Å². The molecule has 0 spiro atoms. The number of hydrogen-bond donors (Lipinski definition) is 1. The summed E-state index contributed by atoms with van der Waals surface area (Å²) in [5.74, 6) is 0. The highest BCUT2D eigenvalue weighted by Crippen LogP contribution is 2.33. The maximum absolute atomic E-state index is 12.6. The van der Waals surface area contributed by atoms with Gasteiger partial charge in [0.1, 0.15) is 11.8 Å². The molecule has 17 heavy (non-hydrogen) atoms. The van der Waals surface area contributed by atoms with Crippen LogP contribution in [0.25, 0.3) is 11.3 Å². The van der Waals surface area contributed by atoms with Gasteiger partial charge < -0.3 is 4.98 Å². The summed E-state index contributed by atoms with van der Waals surface area (Å²) in [4.78, 5) is 2.24. The van der Waals surface area contributed by atoms with Gasteiger partial charge in [0.05, 0.1) is 5.56 Å². The molecule has 0 radical (unpaired) electrons. The second kappa shape index (κ2) is 3.98. The van der Waals surface area contributed by atoms with Crippen molar-refractivity contribution >= 4 is 0 Å². The molecule has 1 heterocycles. The van der Waals surface area contributed by atoms with Gasteiger partial charge in [-0.2, -0.15) is 18.4 Å². The van der Waals surface area contributed by atoms with Crippen LogP contribution in [0.4, 0.5) is 13.2 Å². The molecule has 0 amide bonds. The molecule has 0 fully saturated rings. The summed E-state index contributed by atoms with van der Waals surface area (Å²) in [6.45, 7) is 0. The van der Waals surface area contributed by atoms with Crippen LogP contribution in [0.3, 0.4) is 0 Å². The van der Waals surface area contributed by atoms with E-state index >= 15 is 0 Å². The number of hydrogen-bond acceptors (Lipinski definition) is 1. The average molecular weight is 236 g/mol. The van der Waals surface area contributed by atoms with Crippen molar-refractivity contribution in [3.63, 3.8) is 0 Å². The Morgan fingerprint density at radius 2 is 1.76 bits per heavy atom. The third-order valence-electron chi connectivity index (χ3n) is 2.31. The summed E-state index contributed by atoms with van der Waals surface area (Å²) in [5.41, 5.74) is -0.496. The van der Waals surface area contributed by atoms with E-state index in [-0.39, 0.29) is 5.69 Å². The minimum atomic E-state index is -4.54. The first-order chi connectivity index (χ1) is 8.02. The van der Waals surface area contributed by atoms with E-state index in [1.54, 1.807) is 36.4 Å². The molecular formula is C12H7F3N2. The minimum Gasteiger partial charge on any atom is -0.350 e. The van der Waals surface area contributed by atoms with Crippen LogP contribution >= 0.6 is 0 Å². The van der Waals surface area contributed by atoms with Crippen LogP contribution in [0, 0.1) is 11.3 Å². The van der Waals surface area contributed by atoms with Gasteiger partial charge in [0.2, 0.25) is 0 Å². The van der Waals surface area contributed by atoms with Gasteiger partial charge in [-0.25, -0.2) is 0 Å². The van der Waals surface area contributed by atoms with Crippen molar-refractivity contribution in [1.82, 2.24) is 4.98 Å².